The average Bonchev–Trinajstić information content (AvgIpc) is 2.13. The minimum Gasteiger partial charge on any atom is -0.304 e. The van der Waals surface area contributed by atoms with Gasteiger partial charge < -0.3 is 9.80 Å². The van der Waals surface area contributed by atoms with Gasteiger partial charge in [-0.25, -0.2) is 14.5 Å². The summed E-state index contributed by atoms with van der Waals surface area (Å²) in [5.41, 5.74) is 0. The summed E-state index contributed by atoms with van der Waals surface area (Å²) < 4.78 is 0. The Morgan fingerprint density at radius 2 is 1.27 bits per heavy atom. The van der Waals surface area contributed by atoms with Crippen LogP contribution in [-0.4, -0.2) is 52.6 Å². The van der Waals surface area contributed by atoms with Gasteiger partial charge in [0.05, 0.1) is 6.67 Å². The molecule has 5 nitrogen and oxygen atoms in total. The summed E-state index contributed by atoms with van der Waals surface area (Å²) in [5, 5.41) is 0. The van der Waals surface area contributed by atoms with E-state index in [-0.39, 0.29) is 24.1 Å². The fourth-order valence-corrected chi connectivity index (χ4v) is 1.52. The highest BCUT2D eigenvalue weighted by molar-refractivity contribution is 5.95. The van der Waals surface area contributed by atoms with E-state index in [1.807, 2.05) is 27.7 Å². The van der Waals surface area contributed by atoms with Crippen LogP contribution in [0, 0.1) is 0 Å². The molecule has 86 valence electrons. The van der Waals surface area contributed by atoms with Gasteiger partial charge in [0.1, 0.15) is 0 Å². The molecule has 1 aliphatic rings. The van der Waals surface area contributed by atoms with Crippen molar-refractivity contribution in [2.75, 3.05) is 13.7 Å². The van der Waals surface area contributed by atoms with Crippen LogP contribution in [0.3, 0.4) is 0 Å². The summed E-state index contributed by atoms with van der Waals surface area (Å²) in [6.07, 6.45) is 0. The first kappa shape index (κ1) is 11.8. The molecule has 0 unspecified atom stereocenters. The number of nitrogens with zero attached hydrogens (tertiary/aromatic N) is 3. The van der Waals surface area contributed by atoms with E-state index in [0.29, 0.717) is 6.67 Å². The molecule has 0 aliphatic carbocycles. The Bertz CT molecular complexity index is 250. The van der Waals surface area contributed by atoms with Gasteiger partial charge in [-0.05, 0) is 27.7 Å². The SMILES string of the molecule is CC(C)N1CN(C(C)C)C(=O)N(C)C1=O. The Balaban J connectivity index is 2.90. The molecule has 0 N–H and O–H groups in total. The normalized spacial score (nSPS) is 18.5. The minimum absolute atomic E-state index is 0.106. The number of imide groups is 1. The van der Waals surface area contributed by atoms with Gasteiger partial charge >= 0.3 is 12.1 Å². The first-order valence-electron chi connectivity index (χ1n) is 5.21. The Hall–Kier alpha value is -1.26. The van der Waals surface area contributed by atoms with Crippen molar-refractivity contribution >= 4 is 12.1 Å². The second kappa shape index (κ2) is 4.08. The number of carbonyl (C=O) groups excluding carboxylic acids is 2. The highest BCUT2D eigenvalue weighted by Gasteiger charge is 2.36. The van der Waals surface area contributed by atoms with Crippen molar-refractivity contribution in [1.29, 1.82) is 0 Å². The van der Waals surface area contributed by atoms with E-state index < -0.39 is 0 Å². The van der Waals surface area contributed by atoms with Crippen LogP contribution in [0.5, 0.6) is 0 Å². The molecule has 1 heterocycles. The van der Waals surface area contributed by atoms with Gasteiger partial charge in [-0.2, -0.15) is 0 Å². The van der Waals surface area contributed by atoms with E-state index >= 15 is 0 Å². The highest BCUT2D eigenvalue weighted by Crippen LogP contribution is 2.16. The summed E-state index contributed by atoms with van der Waals surface area (Å²) in [4.78, 5) is 28.0. The van der Waals surface area contributed by atoms with Gasteiger partial charge in [0.15, 0.2) is 0 Å². The van der Waals surface area contributed by atoms with Crippen molar-refractivity contribution in [2.24, 2.45) is 0 Å². The van der Waals surface area contributed by atoms with Crippen molar-refractivity contribution in [3.8, 4) is 0 Å². The molecule has 1 aliphatic heterocycles. The van der Waals surface area contributed by atoms with E-state index in [2.05, 4.69) is 0 Å². The summed E-state index contributed by atoms with van der Waals surface area (Å²) in [5.74, 6) is 0. The molecule has 1 rings (SSSR count). The molecule has 0 saturated carbocycles. The second-order valence-electron chi connectivity index (χ2n) is 4.39. The summed E-state index contributed by atoms with van der Waals surface area (Å²) in [6, 6.07) is -0.220. The third-order valence-corrected chi connectivity index (χ3v) is 2.62. The third kappa shape index (κ3) is 2.06. The number of hydrogen-bond acceptors (Lipinski definition) is 2. The number of urea groups is 2. The van der Waals surface area contributed by atoms with E-state index in [0.717, 1.165) is 0 Å². The van der Waals surface area contributed by atoms with Crippen LogP contribution < -0.4 is 0 Å². The van der Waals surface area contributed by atoms with Gasteiger partial charge in [0.25, 0.3) is 0 Å². The molecule has 0 spiro atoms. The van der Waals surface area contributed by atoms with Crippen LogP contribution in [0.25, 0.3) is 0 Å². The minimum atomic E-state index is -0.216. The Morgan fingerprint density at radius 3 is 1.53 bits per heavy atom. The van der Waals surface area contributed by atoms with E-state index in [1.165, 1.54) is 11.9 Å². The molecule has 15 heavy (non-hydrogen) atoms. The fourth-order valence-electron chi connectivity index (χ4n) is 1.52. The predicted molar refractivity (Wildman–Crippen MR) is 57.4 cm³/mol. The van der Waals surface area contributed by atoms with Gasteiger partial charge in [0, 0.05) is 19.1 Å². The summed E-state index contributed by atoms with van der Waals surface area (Å²) in [6.45, 7) is 8.16. The van der Waals surface area contributed by atoms with Crippen LogP contribution in [0.2, 0.25) is 0 Å². The fraction of sp³-hybridized carbons (Fsp3) is 0.800. The van der Waals surface area contributed by atoms with E-state index in [9.17, 15) is 9.59 Å². The van der Waals surface area contributed by atoms with Crippen LogP contribution in [-0.2, 0) is 0 Å². The van der Waals surface area contributed by atoms with Crippen molar-refractivity contribution in [3.63, 3.8) is 0 Å². The number of amides is 4. The second-order valence-corrected chi connectivity index (χ2v) is 4.39. The van der Waals surface area contributed by atoms with Gasteiger partial charge in [-0.3, -0.25) is 0 Å². The molecule has 1 saturated heterocycles. The molecule has 5 heteroatoms. The number of carbonyl (C=O) groups is 2. The maximum Gasteiger partial charge on any atom is 0.329 e. The average molecular weight is 213 g/mol. The third-order valence-electron chi connectivity index (χ3n) is 2.62. The van der Waals surface area contributed by atoms with E-state index in [1.54, 1.807) is 9.80 Å². The van der Waals surface area contributed by atoms with E-state index in [4.69, 9.17) is 0 Å². The van der Waals surface area contributed by atoms with Crippen LogP contribution in [0.15, 0.2) is 0 Å². The molecule has 0 aromatic rings. The van der Waals surface area contributed by atoms with Crippen LogP contribution in [0.4, 0.5) is 9.59 Å². The number of rotatable bonds is 2. The standard InChI is InChI=1S/C10H19N3O2/c1-7(2)12-6-13(8(3)4)10(15)11(5)9(12)14/h7-8H,6H2,1-5H3. The lowest BCUT2D eigenvalue weighted by molar-refractivity contribution is 0.0613. The Kier molecular flexibility index (Phi) is 3.21. The molecule has 4 amide bonds. The zero-order chi connectivity index (χ0) is 11.7. The van der Waals surface area contributed by atoms with Crippen molar-refractivity contribution in [3.05, 3.63) is 0 Å². The van der Waals surface area contributed by atoms with Crippen molar-refractivity contribution in [2.45, 2.75) is 39.8 Å². The summed E-state index contributed by atoms with van der Waals surface area (Å²) in [7, 11) is 1.52. The van der Waals surface area contributed by atoms with Crippen molar-refractivity contribution < 1.29 is 9.59 Å². The smallest absolute Gasteiger partial charge is 0.304 e. The molecule has 0 bridgehead atoms. The molecule has 0 aromatic carbocycles. The zero-order valence-corrected chi connectivity index (χ0v) is 10.0. The molecular formula is C10H19N3O2. The molecule has 0 atom stereocenters. The molecule has 0 radical (unpaired) electrons. The molecular weight excluding hydrogens is 194 g/mol. The molecule has 0 aromatic heterocycles. The highest BCUT2D eigenvalue weighted by atomic mass is 16.2. The zero-order valence-electron chi connectivity index (χ0n) is 10.0. The summed E-state index contributed by atoms with van der Waals surface area (Å²) >= 11 is 0. The van der Waals surface area contributed by atoms with Gasteiger partial charge in [-0.1, -0.05) is 0 Å². The monoisotopic (exact) mass is 213 g/mol. The Labute approximate surface area is 90.6 Å². The lowest BCUT2D eigenvalue weighted by atomic mass is 10.3. The van der Waals surface area contributed by atoms with Gasteiger partial charge in [0.2, 0.25) is 0 Å². The topological polar surface area (TPSA) is 43.9 Å². The first-order chi connectivity index (χ1) is 6.86. The van der Waals surface area contributed by atoms with Crippen molar-refractivity contribution in [1.82, 2.24) is 14.7 Å². The lowest BCUT2D eigenvalue weighted by Crippen LogP contribution is -2.62. The largest absolute Gasteiger partial charge is 0.329 e. The van der Waals surface area contributed by atoms with Gasteiger partial charge in [-0.15, -0.1) is 0 Å². The first-order valence-corrected chi connectivity index (χ1v) is 5.21. The molecule has 1 fully saturated rings. The quantitative estimate of drug-likeness (QED) is 0.698. The number of hydrogen-bond donors (Lipinski definition) is 0. The van der Waals surface area contributed by atoms with Crippen LogP contribution in [0.1, 0.15) is 27.7 Å². The lowest BCUT2D eigenvalue weighted by Gasteiger charge is -2.43. The maximum absolute atomic E-state index is 11.7. The maximum atomic E-state index is 11.7. The Morgan fingerprint density at radius 1 is 0.933 bits per heavy atom. The predicted octanol–water partition coefficient (Wildman–Crippen LogP) is 1.55. The van der Waals surface area contributed by atoms with Crippen LogP contribution >= 0.6 is 0 Å².